The summed E-state index contributed by atoms with van der Waals surface area (Å²) in [5.41, 5.74) is 3.50. The second kappa shape index (κ2) is 5.51. The Balaban J connectivity index is 1.96. The quantitative estimate of drug-likeness (QED) is 0.657. The van der Waals surface area contributed by atoms with Gasteiger partial charge in [-0.05, 0) is 43.9 Å². The SMILES string of the molecule is C=C(NC)c1cnc(NC(C)C2CC2)c2c1[nH]c1ccc(F)cc12. The molecular formula is C19H21FN4. The molecule has 0 bridgehead atoms. The van der Waals surface area contributed by atoms with Gasteiger partial charge in [0.15, 0.2) is 0 Å². The van der Waals surface area contributed by atoms with Gasteiger partial charge >= 0.3 is 0 Å². The summed E-state index contributed by atoms with van der Waals surface area (Å²) in [6, 6.07) is 5.16. The molecule has 4 nitrogen and oxygen atoms in total. The van der Waals surface area contributed by atoms with Crippen molar-refractivity contribution in [1.82, 2.24) is 15.3 Å². The van der Waals surface area contributed by atoms with Crippen molar-refractivity contribution in [3.05, 3.63) is 42.4 Å². The molecule has 1 fully saturated rings. The van der Waals surface area contributed by atoms with Crippen LogP contribution in [0.15, 0.2) is 31.0 Å². The molecule has 0 amide bonds. The minimum Gasteiger partial charge on any atom is -0.388 e. The van der Waals surface area contributed by atoms with Crippen LogP contribution in [0.5, 0.6) is 0 Å². The molecular weight excluding hydrogens is 303 g/mol. The van der Waals surface area contributed by atoms with E-state index in [9.17, 15) is 4.39 Å². The van der Waals surface area contributed by atoms with E-state index in [4.69, 9.17) is 0 Å². The number of H-pyrrole nitrogens is 1. The molecule has 1 atom stereocenters. The lowest BCUT2D eigenvalue weighted by atomic mass is 10.1. The van der Waals surface area contributed by atoms with Crippen LogP contribution in [0.25, 0.3) is 27.5 Å². The lowest BCUT2D eigenvalue weighted by molar-refractivity contribution is 0.630. The van der Waals surface area contributed by atoms with E-state index in [0.717, 1.165) is 38.9 Å². The third kappa shape index (κ3) is 2.40. The van der Waals surface area contributed by atoms with Crippen molar-refractivity contribution >= 4 is 33.3 Å². The van der Waals surface area contributed by atoms with Gasteiger partial charge in [0.05, 0.1) is 10.9 Å². The smallest absolute Gasteiger partial charge is 0.136 e. The molecule has 0 radical (unpaired) electrons. The molecule has 0 aliphatic heterocycles. The van der Waals surface area contributed by atoms with E-state index < -0.39 is 0 Å². The number of rotatable bonds is 5. The van der Waals surface area contributed by atoms with Crippen molar-refractivity contribution in [3.63, 3.8) is 0 Å². The predicted octanol–water partition coefficient (Wildman–Crippen LogP) is 4.26. The maximum absolute atomic E-state index is 13.8. The van der Waals surface area contributed by atoms with Gasteiger partial charge in [-0.1, -0.05) is 6.58 Å². The van der Waals surface area contributed by atoms with Crippen molar-refractivity contribution < 1.29 is 4.39 Å². The molecule has 3 aromatic rings. The first-order chi connectivity index (χ1) is 11.6. The maximum atomic E-state index is 13.8. The molecule has 2 heterocycles. The number of hydrogen-bond acceptors (Lipinski definition) is 3. The van der Waals surface area contributed by atoms with E-state index in [0.29, 0.717) is 12.0 Å². The molecule has 2 aromatic heterocycles. The first-order valence-electron chi connectivity index (χ1n) is 8.32. The minimum atomic E-state index is -0.248. The van der Waals surface area contributed by atoms with Crippen LogP contribution in [0, 0.1) is 11.7 Å². The lowest BCUT2D eigenvalue weighted by Gasteiger charge is -2.16. The van der Waals surface area contributed by atoms with Gasteiger partial charge in [0.1, 0.15) is 11.6 Å². The summed E-state index contributed by atoms with van der Waals surface area (Å²) in [6.45, 7) is 6.23. The fourth-order valence-corrected chi connectivity index (χ4v) is 3.27. The number of benzene rings is 1. The molecule has 0 spiro atoms. The molecule has 1 aliphatic carbocycles. The van der Waals surface area contributed by atoms with Crippen LogP contribution < -0.4 is 10.6 Å². The van der Waals surface area contributed by atoms with Crippen molar-refractivity contribution in [2.75, 3.05) is 12.4 Å². The van der Waals surface area contributed by atoms with Crippen molar-refractivity contribution in [3.8, 4) is 0 Å². The number of aromatic nitrogens is 2. The number of pyridine rings is 1. The molecule has 3 N–H and O–H groups in total. The summed E-state index contributed by atoms with van der Waals surface area (Å²) < 4.78 is 13.8. The molecule has 1 aliphatic rings. The van der Waals surface area contributed by atoms with Crippen molar-refractivity contribution in [2.45, 2.75) is 25.8 Å². The van der Waals surface area contributed by atoms with E-state index in [1.54, 1.807) is 12.1 Å². The monoisotopic (exact) mass is 324 g/mol. The fourth-order valence-electron chi connectivity index (χ4n) is 3.27. The Morgan fingerprint density at radius 3 is 2.92 bits per heavy atom. The summed E-state index contributed by atoms with van der Waals surface area (Å²) in [7, 11) is 1.83. The van der Waals surface area contributed by atoms with Crippen LogP contribution in [0.3, 0.4) is 0 Å². The zero-order chi connectivity index (χ0) is 16.8. The van der Waals surface area contributed by atoms with Gasteiger partial charge in [-0.25, -0.2) is 9.37 Å². The van der Waals surface area contributed by atoms with E-state index in [1.165, 1.54) is 18.9 Å². The largest absolute Gasteiger partial charge is 0.388 e. The van der Waals surface area contributed by atoms with Gasteiger partial charge in [-0.15, -0.1) is 0 Å². The maximum Gasteiger partial charge on any atom is 0.136 e. The first kappa shape index (κ1) is 15.0. The number of aromatic amines is 1. The van der Waals surface area contributed by atoms with Crippen LogP contribution in [0.2, 0.25) is 0 Å². The van der Waals surface area contributed by atoms with Gasteiger partial charge in [0, 0.05) is 41.4 Å². The number of anilines is 1. The highest BCUT2D eigenvalue weighted by Gasteiger charge is 2.28. The average Bonchev–Trinajstić information content (AvgIpc) is 3.36. The summed E-state index contributed by atoms with van der Waals surface area (Å²) >= 11 is 0. The normalized spacial score (nSPS) is 15.6. The number of nitrogens with one attached hydrogen (secondary N) is 3. The number of hydrogen-bond donors (Lipinski definition) is 3. The fraction of sp³-hybridized carbons (Fsp3) is 0.316. The Kier molecular flexibility index (Phi) is 3.44. The highest BCUT2D eigenvalue weighted by Crippen LogP contribution is 2.38. The van der Waals surface area contributed by atoms with E-state index >= 15 is 0 Å². The van der Waals surface area contributed by atoms with Gasteiger partial charge in [0.25, 0.3) is 0 Å². The third-order valence-electron chi connectivity index (χ3n) is 4.91. The molecule has 4 rings (SSSR count). The molecule has 5 heteroatoms. The van der Waals surface area contributed by atoms with Gasteiger partial charge in [0.2, 0.25) is 0 Å². The highest BCUT2D eigenvalue weighted by atomic mass is 19.1. The second-order valence-corrected chi connectivity index (χ2v) is 6.58. The van der Waals surface area contributed by atoms with Crippen LogP contribution in [0.4, 0.5) is 10.2 Å². The van der Waals surface area contributed by atoms with Crippen molar-refractivity contribution in [2.24, 2.45) is 5.92 Å². The van der Waals surface area contributed by atoms with E-state index in [1.807, 2.05) is 13.2 Å². The molecule has 24 heavy (non-hydrogen) atoms. The third-order valence-corrected chi connectivity index (χ3v) is 4.91. The van der Waals surface area contributed by atoms with Crippen LogP contribution in [-0.4, -0.2) is 23.1 Å². The lowest BCUT2D eigenvalue weighted by Crippen LogP contribution is -2.18. The standard InChI is InChI=1S/C19H21FN4/c1-10(12-4-5-12)23-19-17-14-8-13(20)6-7-16(14)24-18(17)15(9-22-19)11(2)21-3/h6-10,12,21,24H,2,4-5H2,1,3H3,(H,22,23). The Hall–Kier alpha value is -2.56. The summed E-state index contributed by atoms with van der Waals surface area (Å²) in [6.07, 6.45) is 4.33. The van der Waals surface area contributed by atoms with Crippen LogP contribution in [-0.2, 0) is 0 Å². The van der Waals surface area contributed by atoms with Crippen LogP contribution in [0.1, 0.15) is 25.3 Å². The zero-order valence-electron chi connectivity index (χ0n) is 13.9. The Morgan fingerprint density at radius 2 is 2.21 bits per heavy atom. The van der Waals surface area contributed by atoms with Gasteiger partial charge in [-0.3, -0.25) is 0 Å². The topological polar surface area (TPSA) is 52.7 Å². The molecule has 0 saturated heterocycles. The van der Waals surface area contributed by atoms with E-state index in [-0.39, 0.29) is 5.82 Å². The minimum absolute atomic E-state index is 0.248. The van der Waals surface area contributed by atoms with Crippen molar-refractivity contribution in [1.29, 1.82) is 0 Å². The number of nitrogens with zero attached hydrogens (tertiary/aromatic N) is 1. The Bertz CT molecular complexity index is 939. The summed E-state index contributed by atoms with van der Waals surface area (Å²) in [4.78, 5) is 8.02. The second-order valence-electron chi connectivity index (χ2n) is 6.58. The molecule has 1 saturated carbocycles. The zero-order valence-corrected chi connectivity index (χ0v) is 13.9. The van der Waals surface area contributed by atoms with Gasteiger partial charge < -0.3 is 15.6 Å². The molecule has 124 valence electrons. The molecule has 1 aromatic carbocycles. The Morgan fingerprint density at radius 1 is 1.42 bits per heavy atom. The number of halogens is 1. The van der Waals surface area contributed by atoms with Crippen LogP contribution >= 0.6 is 0 Å². The number of fused-ring (bicyclic) bond motifs is 3. The van der Waals surface area contributed by atoms with Gasteiger partial charge in [-0.2, -0.15) is 0 Å². The summed E-state index contributed by atoms with van der Waals surface area (Å²) in [5, 5.41) is 8.36. The average molecular weight is 324 g/mol. The Labute approximate surface area is 140 Å². The highest BCUT2D eigenvalue weighted by molar-refractivity contribution is 6.14. The molecule has 1 unspecified atom stereocenters. The van der Waals surface area contributed by atoms with E-state index in [2.05, 4.69) is 34.1 Å². The first-order valence-corrected chi connectivity index (χ1v) is 8.32. The summed E-state index contributed by atoms with van der Waals surface area (Å²) in [5.74, 6) is 1.26. The predicted molar refractivity (Wildman–Crippen MR) is 97.5 cm³/mol.